The number of nitro groups is 1. The van der Waals surface area contributed by atoms with E-state index < -0.39 is 41.3 Å². The number of carbonyl (C=O) groups is 4. The monoisotopic (exact) mass is 567 g/mol. The minimum absolute atomic E-state index is 0.177. The second-order valence-electron chi connectivity index (χ2n) is 10.9. The van der Waals surface area contributed by atoms with Gasteiger partial charge in [-0.1, -0.05) is 74.4 Å². The Morgan fingerprint density at radius 2 is 1.45 bits per heavy atom. The van der Waals surface area contributed by atoms with E-state index in [2.05, 4.69) is 5.32 Å². The number of rotatable bonds is 9. The van der Waals surface area contributed by atoms with E-state index in [4.69, 9.17) is 4.74 Å². The maximum Gasteiger partial charge on any atom is 0.329 e. The molecule has 3 amide bonds. The molecule has 0 unspecified atom stereocenters. The summed E-state index contributed by atoms with van der Waals surface area (Å²) in [5.74, 6) is -4.14. The van der Waals surface area contributed by atoms with Crippen molar-refractivity contribution in [3.05, 3.63) is 105 Å². The molecule has 42 heavy (non-hydrogen) atoms. The second-order valence-corrected chi connectivity index (χ2v) is 10.9. The summed E-state index contributed by atoms with van der Waals surface area (Å²) in [7, 11) is 0. The minimum Gasteiger partial charge on any atom is -0.454 e. The van der Waals surface area contributed by atoms with Crippen LogP contribution in [-0.2, 0) is 23.9 Å². The standard InChI is InChI=1S/C32H29N3O7/c1-2-3-15-24(32(39)42-17-25(36)33-18-9-8-10-19(16-18)35(40)41)34-30(37)28-26-20-11-4-5-12-21(20)27(29(28)31(34)38)23-14-7-6-13-22(23)26/h4-14,16,24,26-29H,2-3,15,17H2,1H3,(H,33,36)/t24-,26?,27?,28-,29+/m0/s1. The van der Waals surface area contributed by atoms with Crippen LogP contribution in [0.2, 0.25) is 0 Å². The first-order chi connectivity index (χ1) is 20.3. The first-order valence-electron chi connectivity index (χ1n) is 14.1. The van der Waals surface area contributed by atoms with Crippen molar-refractivity contribution >= 4 is 35.1 Å². The average molecular weight is 568 g/mol. The fraction of sp³-hybridized carbons (Fsp3) is 0.312. The van der Waals surface area contributed by atoms with Crippen LogP contribution >= 0.6 is 0 Å². The lowest BCUT2D eigenvalue weighted by molar-refractivity contribution is -0.384. The molecule has 1 saturated heterocycles. The molecule has 214 valence electrons. The summed E-state index contributed by atoms with van der Waals surface area (Å²) in [6.45, 7) is 1.27. The quantitative estimate of drug-likeness (QED) is 0.174. The maximum absolute atomic E-state index is 14.1. The topological polar surface area (TPSA) is 136 Å². The Balaban J connectivity index is 1.24. The van der Waals surface area contributed by atoms with Gasteiger partial charge in [0.15, 0.2) is 6.61 Å². The van der Waals surface area contributed by atoms with E-state index >= 15 is 0 Å². The number of hydrogen-bond donors (Lipinski definition) is 1. The van der Waals surface area contributed by atoms with E-state index in [0.717, 1.165) is 33.6 Å². The third-order valence-electron chi connectivity index (χ3n) is 8.58. The minimum atomic E-state index is -1.16. The van der Waals surface area contributed by atoms with Crippen molar-refractivity contribution in [2.75, 3.05) is 11.9 Å². The number of non-ortho nitro benzene ring substituents is 1. The van der Waals surface area contributed by atoms with Crippen LogP contribution in [0, 0.1) is 22.0 Å². The smallest absolute Gasteiger partial charge is 0.329 e. The number of imide groups is 1. The van der Waals surface area contributed by atoms with Gasteiger partial charge in [0.05, 0.1) is 16.8 Å². The fourth-order valence-corrected chi connectivity index (χ4v) is 6.88. The van der Waals surface area contributed by atoms with Crippen LogP contribution in [0.4, 0.5) is 11.4 Å². The van der Waals surface area contributed by atoms with Crippen molar-refractivity contribution in [3.63, 3.8) is 0 Å². The highest BCUT2D eigenvalue weighted by molar-refractivity contribution is 6.10. The van der Waals surface area contributed by atoms with Gasteiger partial charge in [-0.25, -0.2) is 4.79 Å². The van der Waals surface area contributed by atoms with Crippen LogP contribution in [0.3, 0.4) is 0 Å². The lowest BCUT2D eigenvalue weighted by atomic mass is 9.55. The van der Waals surface area contributed by atoms with E-state index in [9.17, 15) is 29.3 Å². The summed E-state index contributed by atoms with van der Waals surface area (Å²) in [4.78, 5) is 65.7. The van der Waals surface area contributed by atoms with Gasteiger partial charge in [0, 0.05) is 29.7 Å². The van der Waals surface area contributed by atoms with Crippen molar-refractivity contribution in [1.82, 2.24) is 4.90 Å². The maximum atomic E-state index is 14.1. The van der Waals surface area contributed by atoms with Crippen LogP contribution < -0.4 is 5.32 Å². The van der Waals surface area contributed by atoms with Crippen molar-refractivity contribution in [2.24, 2.45) is 11.8 Å². The number of nitrogens with zero attached hydrogens (tertiary/aromatic N) is 2. The van der Waals surface area contributed by atoms with Crippen LogP contribution in [0.5, 0.6) is 0 Å². The third-order valence-corrected chi connectivity index (χ3v) is 8.58. The highest BCUT2D eigenvalue weighted by atomic mass is 16.6. The molecule has 3 aromatic rings. The van der Waals surface area contributed by atoms with Crippen LogP contribution in [0.15, 0.2) is 72.8 Å². The van der Waals surface area contributed by atoms with Crippen molar-refractivity contribution in [1.29, 1.82) is 0 Å². The lowest BCUT2D eigenvalue weighted by Crippen LogP contribution is -2.47. The average Bonchev–Trinajstić information content (AvgIpc) is 3.26. The van der Waals surface area contributed by atoms with Crippen molar-refractivity contribution < 1.29 is 28.8 Å². The third kappa shape index (κ3) is 4.43. The number of likely N-dealkylation sites (tertiary alicyclic amines) is 1. The molecule has 0 spiro atoms. The summed E-state index contributed by atoms with van der Waals surface area (Å²) in [5, 5.41) is 13.5. The second kappa shape index (κ2) is 10.8. The normalized spacial score (nSPS) is 22.2. The van der Waals surface area contributed by atoms with Gasteiger partial charge in [-0.15, -0.1) is 0 Å². The number of anilines is 1. The zero-order chi connectivity index (χ0) is 29.5. The molecular formula is C32H29N3O7. The van der Waals surface area contributed by atoms with E-state index in [1.165, 1.54) is 24.3 Å². The molecule has 10 nitrogen and oxygen atoms in total. The molecule has 0 radical (unpaired) electrons. The van der Waals surface area contributed by atoms with E-state index in [1.54, 1.807) is 0 Å². The molecule has 1 fully saturated rings. The Bertz CT molecular complexity index is 1500. The van der Waals surface area contributed by atoms with Crippen LogP contribution in [0.1, 0.15) is 60.3 Å². The van der Waals surface area contributed by atoms with Gasteiger partial charge in [-0.2, -0.15) is 0 Å². The molecule has 1 aliphatic heterocycles. The van der Waals surface area contributed by atoms with Gasteiger partial charge < -0.3 is 10.1 Å². The molecule has 3 aromatic carbocycles. The van der Waals surface area contributed by atoms with Crippen molar-refractivity contribution in [2.45, 2.75) is 44.1 Å². The molecule has 0 aromatic heterocycles. The number of benzene rings is 3. The summed E-state index contributed by atoms with van der Waals surface area (Å²) >= 11 is 0. The summed E-state index contributed by atoms with van der Waals surface area (Å²) < 4.78 is 5.34. The summed E-state index contributed by atoms with van der Waals surface area (Å²) in [6.07, 6.45) is 1.51. The molecule has 7 rings (SSSR count). The number of ether oxygens (including phenoxy) is 1. The first-order valence-corrected chi connectivity index (χ1v) is 14.1. The van der Waals surface area contributed by atoms with Gasteiger partial charge in [0.2, 0.25) is 11.8 Å². The molecular weight excluding hydrogens is 538 g/mol. The van der Waals surface area contributed by atoms with Crippen LogP contribution in [0.25, 0.3) is 0 Å². The molecule has 3 aliphatic carbocycles. The van der Waals surface area contributed by atoms with Gasteiger partial charge in [-0.05, 0) is 34.7 Å². The van der Waals surface area contributed by atoms with E-state index in [0.29, 0.717) is 6.42 Å². The van der Waals surface area contributed by atoms with Gasteiger partial charge in [0.1, 0.15) is 6.04 Å². The molecule has 3 atom stereocenters. The van der Waals surface area contributed by atoms with Crippen molar-refractivity contribution in [3.8, 4) is 0 Å². The number of unbranched alkanes of at least 4 members (excludes halogenated alkanes) is 1. The predicted octanol–water partition coefficient (Wildman–Crippen LogP) is 4.53. The summed E-state index contributed by atoms with van der Waals surface area (Å²) in [5.41, 5.74) is 4.13. The number of esters is 1. The highest BCUT2D eigenvalue weighted by Crippen LogP contribution is 2.61. The predicted molar refractivity (Wildman–Crippen MR) is 151 cm³/mol. The zero-order valence-corrected chi connectivity index (χ0v) is 22.9. The Morgan fingerprint density at radius 1 is 0.905 bits per heavy atom. The molecule has 1 N–H and O–H groups in total. The fourth-order valence-electron chi connectivity index (χ4n) is 6.88. The zero-order valence-electron chi connectivity index (χ0n) is 22.9. The lowest BCUT2D eigenvalue weighted by Gasteiger charge is -2.45. The Hall–Kier alpha value is -4.86. The largest absolute Gasteiger partial charge is 0.454 e. The summed E-state index contributed by atoms with van der Waals surface area (Å²) in [6, 6.07) is 20.1. The number of amides is 3. The highest BCUT2D eigenvalue weighted by Gasteiger charge is 2.63. The van der Waals surface area contributed by atoms with Crippen LogP contribution in [-0.4, -0.2) is 46.2 Å². The van der Waals surface area contributed by atoms with E-state index in [1.807, 2.05) is 55.5 Å². The molecule has 0 saturated carbocycles. The molecule has 10 heteroatoms. The van der Waals surface area contributed by atoms with Gasteiger partial charge in [-0.3, -0.25) is 29.4 Å². The Labute approximate surface area is 241 Å². The number of hydrogen-bond acceptors (Lipinski definition) is 7. The number of carbonyl (C=O) groups excluding carboxylic acids is 4. The SMILES string of the molecule is CCCC[C@@H](C(=O)OCC(=O)Nc1cccc([N+](=O)[O-])c1)N1C(=O)[C@@H]2C3c4ccccc4C(c4ccccc43)[C@@H]2C1=O. The number of nitro benzene ring substituents is 1. The van der Waals surface area contributed by atoms with E-state index in [-0.39, 0.29) is 41.4 Å². The Morgan fingerprint density at radius 3 is 1.95 bits per heavy atom. The number of nitrogens with one attached hydrogen (secondary N) is 1. The Kier molecular flexibility index (Phi) is 7.06. The van der Waals surface area contributed by atoms with Gasteiger partial charge >= 0.3 is 5.97 Å². The molecule has 4 aliphatic rings. The molecule has 2 bridgehead atoms. The first kappa shape index (κ1) is 27.3. The molecule has 1 heterocycles. The van der Waals surface area contributed by atoms with Gasteiger partial charge in [0.25, 0.3) is 11.6 Å².